The zero-order valence-corrected chi connectivity index (χ0v) is 10.7. The lowest BCUT2D eigenvalue weighted by Crippen LogP contribution is -2.31. The van der Waals surface area contributed by atoms with Crippen LogP contribution in [0.2, 0.25) is 5.02 Å². The van der Waals surface area contributed by atoms with Gasteiger partial charge in [-0.1, -0.05) is 17.7 Å². The fourth-order valence-electron chi connectivity index (χ4n) is 2.02. The molecule has 2 rings (SSSR count). The first-order valence-electron chi connectivity index (χ1n) is 4.88. The van der Waals surface area contributed by atoms with Gasteiger partial charge in [0.25, 0.3) is 0 Å². The molecule has 1 aromatic carbocycles. The van der Waals surface area contributed by atoms with Crippen LogP contribution >= 0.6 is 27.5 Å². The molecule has 0 amide bonds. The molecule has 2 N–H and O–H groups in total. The van der Waals surface area contributed by atoms with Crippen LogP contribution in [0.5, 0.6) is 0 Å². The number of rotatable bonds is 2. The van der Waals surface area contributed by atoms with E-state index in [1.54, 1.807) is 6.07 Å². The quantitative estimate of drug-likeness (QED) is 0.828. The van der Waals surface area contributed by atoms with Crippen LogP contribution in [0.3, 0.4) is 0 Å². The van der Waals surface area contributed by atoms with Crippen molar-refractivity contribution in [2.45, 2.75) is 31.2 Å². The van der Waals surface area contributed by atoms with Crippen molar-refractivity contribution >= 4 is 27.5 Å². The summed E-state index contributed by atoms with van der Waals surface area (Å²) in [4.78, 5) is 0. The van der Waals surface area contributed by atoms with Crippen LogP contribution in [-0.4, -0.2) is 6.04 Å². The van der Waals surface area contributed by atoms with Gasteiger partial charge in [-0.25, -0.2) is 4.39 Å². The van der Waals surface area contributed by atoms with Crippen molar-refractivity contribution in [3.05, 3.63) is 33.0 Å². The Balaban J connectivity index is 2.51. The summed E-state index contributed by atoms with van der Waals surface area (Å²) in [5, 5.41) is 0.208. The normalized spacial score (nSPS) is 20.1. The van der Waals surface area contributed by atoms with Gasteiger partial charge in [-0.05, 0) is 47.3 Å². The molecule has 0 radical (unpaired) electrons. The highest BCUT2D eigenvalue weighted by Gasteiger charge is 2.49. The molecule has 1 aromatic rings. The zero-order valence-electron chi connectivity index (χ0n) is 8.36. The van der Waals surface area contributed by atoms with Crippen molar-refractivity contribution in [1.29, 1.82) is 0 Å². The molecule has 1 unspecified atom stereocenters. The van der Waals surface area contributed by atoms with Gasteiger partial charge in [-0.2, -0.15) is 0 Å². The maximum atomic E-state index is 13.6. The van der Waals surface area contributed by atoms with Crippen molar-refractivity contribution in [3.63, 3.8) is 0 Å². The lowest BCUT2D eigenvalue weighted by Gasteiger charge is -2.21. The van der Waals surface area contributed by atoms with E-state index in [2.05, 4.69) is 15.9 Å². The summed E-state index contributed by atoms with van der Waals surface area (Å²) in [5.74, 6) is -0.388. The Kier molecular flexibility index (Phi) is 2.82. The minimum Gasteiger partial charge on any atom is -0.327 e. The van der Waals surface area contributed by atoms with E-state index in [0.717, 1.165) is 18.4 Å². The van der Waals surface area contributed by atoms with Crippen LogP contribution < -0.4 is 5.73 Å². The molecule has 0 aromatic heterocycles. The molecule has 0 bridgehead atoms. The second kappa shape index (κ2) is 3.72. The Morgan fingerprint density at radius 1 is 1.53 bits per heavy atom. The van der Waals surface area contributed by atoms with Crippen LogP contribution in [0.1, 0.15) is 25.3 Å². The summed E-state index contributed by atoms with van der Waals surface area (Å²) in [6.45, 7) is 1.95. The maximum Gasteiger partial charge on any atom is 0.156 e. The first-order chi connectivity index (χ1) is 6.99. The Morgan fingerprint density at radius 3 is 2.60 bits per heavy atom. The number of nitrogens with two attached hydrogens (primary N) is 1. The Bertz CT molecular complexity index is 402. The molecule has 1 aliphatic carbocycles. The first-order valence-corrected chi connectivity index (χ1v) is 6.06. The van der Waals surface area contributed by atoms with Crippen molar-refractivity contribution in [3.8, 4) is 0 Å². The van der Waals surface area contributed by atoms with Crippen molar-refractivity contribution in [2.75, 3.05) is 0 Å². The van der Waals surface area contributed by atoms with E-state index in [1.165, 1.54) is 0 Å². The molecule has 4 heteroatoms. The molecule has 1 fully saturated rings. The van der Waals surface area contributed by atoms with Crippen molar-refractivity contribution in [2.24, 2.45) is 5.73 Å². The third-order valence-corrected chi connectivity index (χ3v) is 4.21. The van der Waals surface area contributed by atoms with Gasteiger partial charge in [-0.3, -0.25) is 0 Å². The summed E-state index contributed by atoms with van der Waals surface area (Å²) in [6.07, 6.45) is 1.98. The van der Waals surface area contributed by atoms with Crippen LogP contribution in [0.25, 0.3) is 0 Å². The summed E-state index contributed by atoms with van der Waals surface area (Å²) in [5.41, 5.74) is 6.68. The minimum atomic E-state index is -0.388. The zero-order chi connectivity index (χ0) is 11.2. The van der Waals surface area contributed by atoms with Gasteiger partial charge in [0.05, 0.1) is 9.50 Å². The van der Waals surface area contributed by atoms with E-state index >= 15 is 0 Å². The topological polar surface area (TPSA) is 26.0 Å². The molecular weight excluding hydrogens is 280 g/mol. The van der Waals surface area contributed by atoms with Gasteiger partial charge in [0, 0.05) is 11.5 Å². The van der Waals surface area contributed by atoms with E-state index in [9.17, 15) is 4.39 Å². The molecule has 0 saturated heterocycles. The lowest BCUT2D eigenvalue weighted by molar-refractivity contribution is 0.547. The van der Waals surface area contributed by atoms with E-state index in [4.69, 9.17) is 17.3 Å². The molecule has 0 heterocycles. The number of hydrogen-bond donors (Lipinski definition) is 1. The predicted molar refractivity (Wildman–Crippen MR) is 63.7 cm³/mol. The SMILES string of the molecule is CC(N)C1(c2ccc(Br)c(F)c2Cl)CC1. The molecule has 0 aliphatic heterocycles. The molecule has 1 atom stereocenters. The van der Waals surface area contributed by atoms with Crippen LogP contribution in [0, 0.1) is 5.82 Å². The summed E-state index contributed by atoms with van der Waals surface area (Å²) in [6, 6.07) is 3.57. The highest BCUT2D eigenvalue weighted by atomic mass is 79.9. The molecule has 1 nitrogen and oxygen atoms in total. The Hall–Kier alpha value is -0.120. The highest BCUT2D eigenvalue weighted by Crippen LogP contribution is 2.53. The minimum absolute atomic E-state index is 0.00979. The van der Waals surface area contributed by atoms with Gasteiger partial charge in [0.1, 0.15) is 0 Å². The molecule has 1 aliphatic rings. The van der Waals surface area contributed by atoms with Gasteiger partial charge in [-0.15, -0.1) is 0 Å². The van der Waals surface area contributed by atoms with Gasteiger partial charge in [0.15, 0.2) is 5.82 Å². The summed E-state index contributed by atoms with van der Waals surface area (Å²) >= 11 is 9.12. The molecular formula is C11H12BrClFN. The van der Waals surface area contributed by atoms with Crippen LogP contribution in [0.15, 0.2) is 16.6 Å². The van der Waals surface area contributed by atoms with Crippen LogP contribution in [-0.2, 0) is 5.41 Å². The van der Waals surface area contributed by atoms with Crippen molar-refractivity contribution < 1.29 is 4.39 Å². The largest absolute Gasteiger partial charge is 0.327 e. The Morgan fingerprint density at radius 2 is 2.13 bits per heavy atom. The summed E-state index contributed by atoms with van der Waals surface area (Å²) < 4.78 is 14.0. The van der Waals surface area contributed by atoms with Gasteiger partial charge >= 0.3 is 0 Å². The number of halogens is 3. The molecule has 1 saturated carbocycles. The average Bonchev–Trinajstić information content (AvgIpc) is 2.95. The lowest BCUT2D eigenvalue weighted by atomic mass is 9.89. The molecule has 82 valence electrons. The van der Waals surface area contributed by atoms with Gasteiger partial charge < -0.3 is 5.73 Å². The van der Waals surface area contributed by atoms with Crippen LogP contribution in [0.4, 0.5) is 4.39 Å². The van der Waals surface area contributed by atoms with E-state index < -0.39 is 0 Å². The molecule has 15 heavy (non-hydrogen) atoms. The third kappa shape index (κ3) is 1.71. The number of benzene rings is 1. The van der Waals surface area contributed by atoms with E-state index in [1.807, 2.05) is 13.0 Å². The van der Waals surface area contributed by atoms with Crippen molar-refractivity contribution in [1.82, 2.24) is 0 Å². The molecule has 0 spiro atoms. The maximum absolute atomic E-state index is 13.6. The fourth-order valence-corrected chi connectivity index (χ4v) is 2.81. The Labute approximate surface area is 102 Å². The highest BCUT2D eigenvalue weighted by molar-refractivity contribution is 9.10. The monoisotopic (exact) mass is 291 g/mol. The number of hydrogen-bond acceptors (Lipinski definition) is 1. The second-order valence-corrected chi connectivity index (χ2v) is 5.40. The van der Waals surface area contributed by atoms with E-state index in [-0.39, 0.29) is 22.3 Å². The van der Waals surface area contributed by atoms with Gasteiger partial charge in [0.2, 0.25) is 0 Å². The standard InChI is InChI=1S/C11H12BrClFN/c1-6(15)11(4-5-11)7-2-3-8(12)10(14)9(7)13/h2-3,6H,4-5,15H2,1H3. The first kappa shape index (κ1) is 11.4. The summed E-state index contributed by atoms with van der Waals surface area (Å²) in [7, 11) is 0. The third-order valence-electron chi connectivity index (χ3n) is 3.23. The fraction of sp³-hybridized carbons (Fsp3) is 0.455. The second-order valence-electron chi connectivity index (χ2n) is 4.17. The van der Waals surface area contributed by atoms with E-state index in [0.29, 0.717) is 4.47 Å². The predicted octanol–water partition coefficient (Wildman–Crippen LogP) is 3.62. The smallest absolute Gasteiger partial charge is 0.156 e. The average molecular weight is 293 g/mol.